The number of hydrogen-bond acceptors (Lipinski definition) is 3. The summed E-state index contributed by atoms with van der Waals surface area (Å²) < 4.78 is 5.40. The Hall–Kier alpha value is -2.00. The molecule has 0 aromatic heterocycles. The third kappa shape index (κ3) is 4.23. The van der Waals surface area contributed by atoms with Crippen molar-refractivity contribution < 1.29 is 9.84 Å². The van der Waals surface area contributed by atoms with E-state index in [0.29, 0.717) is 12.4 Å². The van der Waals surface area contributed by atoms with Crippen molar-refractivity contribution in [1.29, 1.82) is 0 Å². The maximum Gasteiger partial charge on any atom is 0.161 e. The first-order chi connectivity index (χ1) is 10.1. The summed E-state index contributed by atoms with van der Waals surface area (Å²) in [6, 6.07) is 14.3. The lowest BCUT2D eigenvalue weighted by molar-refractivity contribution is 0.317. The van der Waals surface area contributed by atoms with Gasteiger partial charge in [-0.25, -0.2) is 0 Å². The minimum atomic E-state index is 0.187. The molecule has 0 aliphatic heterocycles. The molecular weight excluding hydrogens is 262 g/mol. The highest BCUT2D eigenvalue weighted by atomic mass is 16.5. The molecule has 0 amide bonds. The Balaban J connectivity index is 1.99. The number of phenolic OH excluding ortho intramolecular Hbond substituents is 1. The Morgan fingerprint density at radius 1 is 1.14 bits per heavy atom. The van der Waals surface area contributed by atoms with Gasteiger partial charge in [0.25, 0.3) is 0 Å². The minimum absolute atomic E-state index is 0.187. The van der Waals surface area contributed by atoms with Gasteiger partial charge in [0.2, 0.25) is 0 Å². The second-order valence-corrected chi connectivity index (χ2v) is 5.25. The van der Waals surface area contributed by atoms with E-state index in [1.165, 1.54) is 11.1 Å². The summed E-state index contributed by atoms with van der Waals surface area (Å²) in [6.07, 6.45) is 0. The quantitative estimate of drug-likeness (QED) is 0.844. The first-order valence-electron chi connectivity index (χ1n) is 7.34. The Morgan fingerprint density at radius 3 is 2.52 bits per heavy atom. The number of benzene rings is 2. The van der Waals surface area contributed by atoms with E-state index < -0.39 is 0 Å². The molecule has 0 spiro atoms. The first-order valence-corrected chi connectivity index (χ1v) is 7.34. The van der Waals surface area contributed by atoms with Crippen LogP contribution in [0.5, 0.6) is 11.5 Å². The predicted molar refractivity (Wildman–Crippen MR) is 85.7 cm³/mol. The van der Waals surface area contributed by atoms with Crippen molar-refractivity contribution in [2.24, 2.45) is 0 Å². The van der Waals surface area contributed by atoms with Crippen LogP contribution in [0.25, 0.3) is 0 Å². The Morgan fingerprint density at radius 2 is 1.86 bits per heavy atom. The summed E-state index contributed by atoms with van der Waals surface area (Å²) in [7, 11) is 0. The maximum absolute atomic E-state index is 9.70. The number of aryl methyl sites for hydroxylation is 1. The molecule has 2 aromatic carbocycles. The molecule has 2 N–H and O–H groups in total. The van der Waals surface area contributed by atoms with Crippen LogP contribution in [0.1, 0.15) is 36.6 Å². The van der Waals surface area contributed by atoms with Crippen molar-refractivity contribution in [2.75, 3.05) is 6.61 Å². The van der Waals surface area contributed by atoms with Crippen LogP contribution in [0, 0.1) is 6.92 Å². The summed E-state index contributed by atoms with van der Waals surface area (Å²) in [5, 5.41) is 13.2. The highest BCUT2D eigenvalue weighted by Crippen LogP contribution is 2.27. The van der Waals surface area contributed by atoms with Crippen molar-refractivity contribution in [2.45, 2.75) is 33.4 Å². The zero-order valence-corrected chi connectivity index (χ0v) is 12.9. The molecule has 0 aliphatic carbocycles. The van der Waals surface area contributed by atoms with Crippen molar-refractivity contribution in [3.05, 3.63) is 59.2 Å². The second kappa shape index (κ2) is 7.14. The lowest BCUT2D eigenvalue weighted by Crippen LogP contribution is -2.18. The second-order valence-electron chi connectivity index (χ2n) is 5.25. The summed E-state index contributed by atoms with van der Waals surface area (Å²) in [4.78, 5) is 0. The van der Waals surface area contributed by atoms with Crippen LogP contribution in [0.4, 0.5) is 0 Å². The highest BCUT2D eigenvalue weighted by molar-refractivity contribution is 5.41. The normalized spacial score (nSPS) is 12.1. The molecule has 0 radical (unpaired) electrons. The van der Waals surface area contributed by atoms with Crippen molar-refractivity contribution in [1.82, 2.24) is 5.32 Å². The number of hydrogen-bond donors (Lipinski definition) is 2. The lowest BCUT2D eigenvalue weighted by Gasteiger charge is -2.15. The molecule has 3 heteroatoms. The zero-order valence-electron chi connectivity index (χ0n) is 12.9. The topological polar surface area (TPSA) is 41.5 Å². The van der Waals surface area contributed by atoms with E-state index in [-0.39, 0.29) is 11.8 Å². The van der Waals surface area contributed by atoms with Gasteiger partial charge in [0.05, 0.1) is 6.61 Å². The fourth-order valence-corrected chi connectivity index (χ4v) is 2.18. The smallest absolute Gasteiger partial charge is 0.161 e. The van der Waals surface area contributed by atoms with E-state index in [9.17, 15) is 5.11 Å². The van der Waals surface area contributed by atoms with Crippen LogP contribution in [0.3, 0.4) is 0 Å². The third-order valence-corrected chi connectivity index (χ3v) is 3.51. The number of aromatic hydroxyl groups is 1. The number of phenols is 1. The molecule has 0 saturated carbocycles. The van der Waals surface area contributed by atoms with E-state index in [1.54, 1.807) is 6.07 Å². The Bertz CT molecular complexity index is 578. The number of rotatable bonds is 6. The Kier molecular flexibility index (Phi) is 5.23. The average molecular weight is 285 g/mol. The highest BCUT2D eigenvalue weighted by Gasteiger charge is 2.07. The SMILES string of the molecule is CCOc1cc(CNC(C)c2ccc(C)cc2)ccc1O. The van der Waals surface area contributed by atoms with Crippen molar-refractivity contribution in [3.8, 4) is 11.5 Å². The standard InChI is InChI=1S/C18H23NO2/c1-4-21-18-11-15(7-10-17(18)20)12-19-14(3)16-8-5-13(2)6-9-16/h5-11,14,19-20H,4,12H2,1-3H3. The summed E-state index contributed by atoms with van der Waals surface area (Å²) in [5.41, 5.74) is 3.63. The number of ether oxygens (including phenoxy) is 1. The van der Waals surface area contributed by atoms with Crippen LogP contribution in [-0.4, -0.2) is 11.7 Å². The van der Waals surface area contributed by atoms with Gasteiger partial charge in [0.1, 0.15) is 0 Å². The molecule has 3 nitrogen and oxygen atoms in total. The van der Waals surface area contributed by atoms with Gasteiger partial charge in [-0.05, 0) is 44.0 Å². The van der Waals surface area contributed by atoms with Crippen LogP contribution < -0.4 is 10.1 Å². The molecule has 0 bridgehead atoms. The first kappa shape index (κ1) is 15.4. The van der Waals surface area contributed by atoms with Gasteiger partial charge in [-0.1, -0.05) is 35.9 Å². The number of nitrogens with one attached hydrogen (secondary N) is 1. The summed E-state index contributed by atoms with van der Waals surface area (Å²) in [5.74, 6) is 0.729. The molecule has 2 aromatic rings. The van der Waals surface area contributed by atoms with Gasteiger partial charge in [0.15, 0.2) is 11.5 Å². The molecule has 21 heavy (non-hydrogen) atoms. The molecule has 0 saturated heterocycles. The van der Waals surface area contributed by atoms with Gasteiger partial charge >= 0.3 is 0 Å². The van der Waals surface area contributed by atoms with Crippen LogP contribution in [0.15, 0.2) is 42.5 Å². The predicted octanol–water partition coefficient (Wildman–Crippen LogP) is 3.95. The minimum Gasteiger partial charge on any atom is -0.504 e. The fraction of sp³-hybridized carbons (Fsp3) is 0.333. The molecule has 0 aliphatic rings. The average Bonchev–Trinajstić information content (AvgIpc) is 2.48. The van der Waals surface area contributed by atoms with Gasteiger partial charge in [-0.3, -0.25) is 0 Å². The lowest BCUT2D eigenvalue weighted by atomic mass is 10.1. The van der Waals surface area contributed by atoms with E-state index in [0.717, 1.165) is 12.1 Å². The van der Waals surface area contributed by atoms with Crippen molar-refractivity contribution in [3.63, 3.8) is 0 Å². The van der Waals surface area contributed by atoms with Gasteiger partial charge < -0.3 is 15.2 Å². The molecule has 1 unspecified atom stereocenters. The summed E-state index contributed by atoms with van der Waals surface area (Å²) >= 11 is 0. The Labute approximate surface area is 126 Å². The van der Waals surface area contributed by atoms with Gasteiger partial charge in [-0.2, -0.15) is 0 Å². The van der Waals surface area contributed by atoms with Crippen molar-refractivity contribution >= 4 is 0 Å². The van der Waals surface area contributed by atoms with E-state index in [4.69, 9.17) is 4.74 Å². The van der Waals surface area contributed by atoms with E-state index >= 15 is 0 Å². The largest absolute Gasteiger partial charge is 0.504 e. The molecule has 112 valence electrons. The monoisotopic (exact) mass is 285 g/mol. The van der Waals surface area contributed by atoms with Crippen LogP contribution in [-0.2, 0) is 6.54 Å². The zero-order chi connectivity index (χ0) is 15.2. The van der Waals surface area contributed by atoms with Crippen LogP contribution in [0.2, 0.25) is 0 Å². The molecular formula is C18H23NO2. The van der Waals surface area contributed by atoms with Gasteiger partial charge in [-0.15, -0.1) is 0 Å². The molecule has 0 heterocycles. The fourth-order valence-electron chi connectivity index (χ4n) is 2.18. The van der Waals surface area contributed by atoms with Gasteiger partial charge in [0, 0.05) is 12.6 Å². The van der Waals surface area contributed by atoms with E-state index in [1.807, 2.05) is 19.1 Å². The maximum atomic E-state index is 9.70. The molecule has 1 atom stereocenters. The van der Waals surface area contributed by atoms with Crippen LogP contribution >= 0.6 is 0 Å². The van der Waals surface area contributed by atoms with E-state index in [2.05, 4.69) is 43.4 Å². The third-order valence-electron chi connectivity index (χ3n) is 3.51. The molecule has 2 rings (SSSR count). The molecule has 0 fully saturated rings. The summed E-state index contributed by atoms with van der Waals surface area (Å²) in [6.45, 7) is 7.42.